The Hall–Kier alpha value is -3.80. The molecule has 0 saturated carbocycles. The zero-order chi connectivity index (χ0) is 24.5. The normalized spacial score (nSPS) is 10.9. The first-order valence-electron chi connectivity index (χ1n) is 12.1. The third-order valence-corrected chi connectivity index (χ3v) is 6.16. The lowest BCUT2D eigenvalue weighted by atomic mass is 10.1. The highest BCUT2D eigenvalue weighted by atomic mass is 16.5. The van der Waals surface area contributed by atoms with Crippen molar-refractivity contribution in [1.82, 2.24) is 14.9 Å². The Morgan fingerprint density at radius 2 is 1.49 bits per heavy atom. The van der Waals surface area contributed by atoms with Gasteiger partial charge in [-0.25, -0.2) is 4.98 Å². The van der Waals surface area contributed by atoms with Crippen molar-refractivity contribution in [3.63, 3.8) is 0 Å². The predicted molar refractivity (Wildman–Crippen MR) is 139 cm³/mol. The fourth-order valence-electron chi connectivity index (χ4n) is 4.21. The van der Waals surface area contributed by atoms with Gasteiger partial charge in [0.25, 0.3) is 0 Å². The molecule has 6 heteroatoms. The molecule has 0 atom stereocenters. The van der Waals surface area contributed by atoms with Gasteiger partial charge in [-0.1, -0.05) is 42.8 Å². The number of unbranched alkanes of at least 4 members (excludes halogenated alkanes) is 2. The van der Waals surface area contributed by atoms with Gasteiger partial charge in [0.15, 0.2) is 0 Å². The second-order valence-corrected chi connectivity index (χ2v) is 8.64. The smallest absolute Gasteiger partial charge is 0.224 e. The lowest BCUT2D eigenvalue weighted by molar-refractivity contribution is -0.120. The number of benzene rings is 3. The van der Waals surface area contributed by atoms with Crippen molar-refractivity contribution in [2.24, 2.45) is 0 Å². The standard InChI is InChI=1S/C29H33N3O3/c1-34-24-15-11-22(12-16-24)20-29(33)30-19-7-3-4-10-28-31-26-8-5-6-9-27(26)32(28)21-23-13-17-25(35-2)18-14-23/h5-6,8-9,11-18H,3-4,7,10,19-21H2,1-2H3,(H,30,33). The van der Waals surface area contributed by atoms with Gasteiger partial charge in [-0.2, -0.15) is 0 Å². The Morgan fingerprint density at radius 1 is 0.829 bits per heavy atom. The van der Waals surface area contributed by atoms with E-state index < -0.39 is 0 Å². The average molecular weight is 472 g/mol. The van der Waals surface area contributed by atoms with Gasteiger partial charge in [0.05, 0.1) is 31.7 Å². The van der Waals surface area contributed by atoms with E-state index in [2.05, 4.69) is 40.2 Å². The molecule has 0 saturated heterocycles. The zero-order valence-electron chi connectivity index (χ0n) is 20.5. The van der Waals surface area contributed by atoms with Crippen LogP contribution in [0.1, 0.15) is 36.2 Å². The predicted octanol–water partition coefficient (Wildman–Crippen LogP) is 5.17. The molecule has 0 aliphatic rings. The number of aryl methyl sites for hydroxylation is 1. The Kier molecular flexibility index (Phi) is 8.39. The van der Waals surface area contributed by atoms with Crippen LogP contribution in [0, 0.1) is 0 Å². The van der Waals surface area contributed by atoms with Gasteiger partial charge in [0, 0.05) is 19.5 Å². The minimum absolute atomic E-state index is 0.0523. The number of hydrogen-bond donors (Lipinski definition) is 1. The molecule has 6 nitrogen and oxygen atoms in total. The first-order valence-corrected chi connectivity index (χ1v) is 12.1. The summed E-state index contributed by atoms with van der Waals surface area (Å²) in [7, 11) is 3.32. The number of amides is 1. The number of rotatable bonds is 12. The molecule has 182 valence electrons. The molecule has 1 amide bonds. The average Bonchev–Trinajstić information content (AvgIpc) is 3.24. The van der Waals surface area contributed by atoms with Crippen LogP contribution in [-0.2, 0) is 24.2 Å². The summed E-state index contributed by atoms with van der Waals surface area (Å²) in [6.45, 7) is 1.47. The summed E-state index contributed by atoms with van der Waals surface area (Å²) < 4.78 is 12.8. The first-order chi connectivity index (χ1) is 17.2. The van der Waals surface area contributed by atoms with E-state index in [4.69, 9.17) is 14.5 Å². The van der Waals surface area contributed by atoms with E-state index in [-0.39, 0.29) is 5.91 Å². The second kappa shape index (κ2) is 12.1. The van der Waals surface area contributed by atoms with Gasteiger partial charge in [0.1, 0.15) is 17.3 Å². The van der Waals surface area contributed by atoms with Crippen molar-refractivity contribution < 1.29 is 14.3 Å². The van der Waals surface area contributed by atoms with Gasteiger partial charge in [-0.05, 0) is 60.4 Å². The molecule has 4 aromatic rings. The summed E-state index contributed by atoms with van der Waals surface area (Å²) in [5.41, 5.74) is 4.39. The number of aromatic nitrogens is 2. The van der Waals surface area contributed by atoms with Crippen LogP contribution in [0.4, 0.5) is 0 Å². The van der Waals surface area contributed by atoms with Crippen molar-refractivity contribution in [3.05, 3.63) is 89.7 Å². The molecule has 1 aromatic heterocycles. The largest absolute Gasteiger partial charge is 0.497 e. The minimum atomic E-state index is 0.0523. The van der Waals surface area contributed by atoms with E-state index in [1.807, 2.05) is 42.5 Å². The van der Waals surface area contributed by atoms with E-state index in [0.717, 1.165) is 66.1 Å². The first kappa shape index (κ1) is 24.3. The number of nitrogens with zero attached hydrogens (tertiary/aromatic N) is 2. The van der Waals surface area contributed by atoms with Crippen LogP contribution in [0.2, 0.25) is 0 Å². The highest BCUT2D eigenvalue weighted by Gasteiger charge is 2.11. The van der Waals surface area contributed by atoms with Gasteiger partial charge >= 0.3 is 0 Å². The van der Waals surface area contributed by atoms with E-state index >= 15 is 0 Å². The molecular weight excluding hydrogens is 438 g/mol. The quantitative estimate of drug-likeness (QED) is 0.289. The maximum absolute atomic E-state index is 12.2. The van der Waals surface area contributed by atoms with Gasteiger partial charge in [-0.3, -0.25) is 4.79 Å². The number of fused-ring (bicyclic) bond motifs is 1. The molecule has 0 aliphatic heterocycles. The maximum atomic E-state index is 12.2. The lowest BCUT2D eigenvalue weighted by Gasteiger charge is -2.10. The summed E-state index contributed by atoms with van der Waals surface area (Å²) in [5, 5.41) is 3.03. The number of hydrogen-bond acceptors (Lipinski definition) is 4. The van der Waals surface area contributed by atoms with Crippen molar-refractivity contribution in [1.29, 1.82) is 0 Å². The summed E-state index contributed by atoms with van der Waals surface area (Å²) in [6.07, 6.45) is 4.31. The van der Waals surface area contributed by atoms with Crippen molar-refractivity contribution in [2.75, 3.05) is 20.8 Å². The minimum Gasteiger partial charge on any atom is -0.497 e. The molecule has 0 aliphatic carbocycles. The van der Waals surface area contributed by atoms with Crippen LogP contribution in [0.15, 0.2) is 72.8 Å². The maximum Gasteiger partial charge on any atom is 0.224 e. The van der Waals surface area contributed by atoms with Crippen molar-refractivity contribution in [3.8, 4) is 11.5 Å². The molecular formula is C29H33N3O3. The summed E-state index contributed by atoms with van der Waals surface area (Å²) in [5.74, 6) is 2.81. The van der Waals surface area contributed by atoms with Crippen LogP contribution in [-0.4, -0.2) is 36.2 Å². The van der Waals surface area contributed by atoms with Crippen LogP contribution < -0.4 is 14.8 Å². The van der Waals surface area contributed by atoms with Crippen LogP contribution in [0.25, 0.3) is 11.0 Å². The van der Waals surface area contributed by atoms with Crippen molar-refractivity contribution >= 4 is 16.9 Å². The molecule has 1 heterocycles. The fourth-order valence-corrected chi connectivity index (χ4v) is 4.21. The number of carbonyl (C=O) groups excluding carboxylic acids is 1. The number of imidazole rings is 1. The summed E-state index contributed by atoms with van der Waals surface area (Å²) in [4.78, 5) is 17.1. The number of carbonyl (C=O) groups is 1. The van der Waals surface area contributed by atoms with E-state index in [1.54, 1.807) is 14.2 Å². The highest BCUT2D eigenvalue weighted by molar-refractivity contribution is 5.78. The number of ether oxygens (including phenoxy) is 2. The zero-order valence-corrected chi connectivity index (χ0v) is 20.5. The van der Waals surface area contributed by atoms with E-state index in [1.165, 1.54) is 5.56 Å². The van der Waals surface area contributed by atoms with Gasteiger partial charge < -0.3 is 19.4 Å². The van der Waals surface area contributed by atoms with Crippen LogP contribution in [0.5, 0.6) is 11.5 Å². The number of methoxy groups -OCH3 is 2. The van der Waals surface area contributed by atoms with Gasteiger partial charge in [-0.15, -0.1) is 0 Å². The SMILES string of the molecule is COc1ccc(CC(=O)NCCCCCc2nc3ccccc3n2Cc2ccc(OC)cc2)cc1. The number of para-hydroxylation sites is 2. The molecule has 0 radical (unpaired) electrons. The molecule has 0 fully saturated rings. The topological polar surface area (TPSA) is 65.4 Å². The summed E-state index contributed by atoms with van der Waals surface area (Å²) >= 11 is 0. The monoisotopic (exact) mass is 471 g/mol. The van der Waals surface area contributed by atoms with Gasteiger partial charge in [0.2, 0.25) is 5.91 Å². The van der Waals surface area contributed by atoms with E-state index in [0.29, 0.717) is 13.0 Å². The molecule has 0 spiro atoms. The third-order valence-electron chi connectivity index (χ3n) is 6.16. The molecule has 0 bridgehead atoms. The Morgan fingerprint density at radius 3 is 2.17 bits per heavy atom. The highest BCUT2D eigenvalue weighted by Crippen LogP contribution is 2.21. The second-order valence-electron chi connectivity index (χ2n) is 8.64. The Balaban J connectivity index is 1.26. The molecule has 0 unspecified atom stereocenters. The van der Waals surface area contributed by atoms with Crippen molar-refractivity contribution in [2.45, 2.75) is 38.6 Å². The van der Waals surface area contributed by atoms with E-state index in [9.17, 15) is 4.79 Å². The third kappa shape index (κ3) is 6.63. The van der Waals surface area contributed by atoms with Crippen LogP contribution >= 0.6 is 0 Å². The molecule has 4 rings (SSSR count). The molecule has 35 heavy (non-hydrogen) atoms. The Labute approximate surface area is 206 Å². The molecule has 1 N–H and O–H groups in total. The lowest BCUT2D eigenvalue weighted by Crippen LogP contribution is -2.26. The molecule has 3 aromatic carbocycles. The van der Waals surface area contributed by atoms with Crippen LogP contribution in [0.3, 0.4) is 0 Å². The Bertz CT molecular complexity index is 1230. The number of nitrogens with one attached hydrogen (secondary N) is 1. The summed E-state index contributed by atoms with van der Waals surface area (Å²) in [6, 6.07) is 24.1. The fraction of sp³-hybridized carbons (Fsp3) is 0.310.